The summed E-state index contributed by atoms with van der Waals surface area (Å²) in [7, 11) is 0. The highest BCUT2D eigenvalue weighted by Crippen LogP contribution is 2.16. The van der Waals surface area contributed by atoms with Crippen molar-refractivity contribution in [2.45, 2.75) is 83.2 Å². The van der Waals surface area contributed by atoms with Crippen LogP contribution in [0.2, 0.25) is 0 Å². The first-order valence-corrected chi connectivity index (χ1v) is 16.5. The fourth-order valence-corrected chi connectivity index (χ4v) is 5.39. The molecule has 47 heavy (non-hydrogen) atoms. The number of benzene rings is 3. The molecule has 0 bridgehead atoms. The van der Waals surface area contributed by atoms with Crippen LogP contribution in [0.1, 0.15) is 56.2 Å². The smallest absolute Gasteiger partial charge is 0.320 e. The van der Waals surface area contributed by atoms with E-state index in [1.165, 1.54) is 0 Å². The summed E-state index contributed by atoms with van der Waals surface area (Å²) >= 11 is 0. The van der Waals surface area contributed by atoms with Gasteiger partial charge in [-0.25, -0.2) is 0 Å². The van der Waals surface area contributed by atoms with E-state index in [2.05, 4.69) is 51.6 Å². The molecule has 2 amide bonds. The lowest BCUT2D eigenvalue weighted by molar-refractivity contribution is -0.140. The Hall–Kier alpha value is -3.87. The van der Waals surface area contributed by atoms with Crippen LogP contribution in [0.5, 0.6) is 0 Å². The van der Waals surface area contributed by atoms with Crippen LogP contribution < -0.4 is 32.7 Å². The number of aliphatic carboxylic acids is 1. The SMILES string of the molecule is CC(C)C[C@H](NCc1ccc(CNC(=O)[C@H](CO)NC(=O)[C@H](CCCCN)NC[C@@H](N)Cc2ccc3ccccc3c2)cc1)C(=O)O. The molecule has 0 unspecified atom stereocenters. The topological polar surface area (TPSA) is 192 Å². The minimum absolute atomic E-state index is 0.200. The van der Waals surface area contributed by atoms with Crippen LogP contribution >= 0.6 is 0 Å². The molecule has 0 radical (unpaired) electrons. The monoisotopic (exact) mass is 648 g/mol. The molecule has 0 saturated heterocycles. The van der Waals surface area contributed by atoms with Crippen LogP contribution in [0.3, 0.4) is 0 Å². The van der Waals surface area contributed by atoms with Crippen molar-refractivity contribution in [3.05, 3.63) is 83.4 Å². The molecule has 3 aromatic rings. The maximum atomic E-state index is 13.3. The fourth-order valence-electron chi connectivity index (χ4n) is 5.39. The molecule has 0 aliphatic rings. The Kier molecular flexibility index (Phi) is 15.8. The van der Waals surface area contributed by atoms with Gasteiger partial charge in [-0.1, -0.05) is 87.0 Å². The molecule has 0 aliphatic carbocycles. The lowest BCUT2D eigenvalue weighted by atomic mass is 10.0. The van der Waals surface area contributed by atoms with Crippen molar-refractivity contribution in [2.24, 2.45) is 17.4 Å². The molecular formula is C36H52N6O5. The van der Waals surface area contributed by atoms with E-state index >= 15 is 0 Å². The number of carbonyl (C=O) groups is 3. The van der Waals surface area contributed by atoms with E-state index in [-0.39, 0.29) is 24.4 Å². The normalized spacial score (nSPS) is 14.0. The highest BCUT2D eigenvalue weighted by atomic mass is 16.4. The quantitative estimate of drug-likeness (QED) is 0.0800. The van der Waals surface area contributed by atoms with Crippen LogP contribution in [0.15, 0.2) is 66.7 Å². The van der Waals surface area contributed by atoms with E-state index < -0.39 is 36.6 Å². The zero-order chi connectivity index (χ0) is 34.2. The molecule has 0 aliphatic heterocycles. The zero-order valence-electron chi connectivity index (χ0n) is 27.6. The maximum Gasteiger partial charge on any atom is 0.320 e. The number of aliphatic hydroxyl groups is 1. The second-order valence-corrected chi connectivity index (χ2v) is 12.6. The van der Waals surface area contributed by atoms with E-state index in [1.807, 2.05) is 50.2 Å². The van der Waals surface area contributed by atoms with E-state index in [0.29, 0.717) is 38.9 Å². The first-order chi connectivity index (χ1) is 22.6. The van der Waals surface area contributed by atoms with Gasteiger partial charge >= 0.3 is 5.97 Å². The number of fused-ring (bicyclic) bond motifs is 1. The Morgan fingerprint density at radius 3 is 2.09 bits per heavy atom. The Morgan fingerprint density at radius 2 is 1.45 bits per heavy atom. The summed E-state index contributed by atoms with van der Waals surface area (Å²) in [5.41, 5.74) is 15.0. The first-order valence-electron chi connectivity index (χ1n) is 16.5. The molecule has 10 N–H and O–H groups in total. The van der Waals surface area contributed by atoms with Gasteiger partial charge in [0.15, 0.2) is 0 Å². The van der Waals surface area contributed by atoms with E-state index in [0.717, 1.165) is 40.3 Å². The lowest BCUT2D eigenvalue weighted by Crippen LogP contribution is -2.55. The summed E-state index contributed by atoms with van der Waals surface area (Å²) in [6.45, 7) is 4.92. The van der Waals surface area contributed by atoms with Crippen molar-refractivity contribution in [1.82, 2.24) is 21.3 Å². The molecule has 0 saturated carbocycles. The van der Waals surface area contributed by atoms with Gasteiger partial charge in [-0.2, -0.15) is 0 Å². The van der Waals surface area contributed by atoms with Crippen molar-refractivity contribution < 1.29 is 24.6 Å². The number of amides is 2. The first kappa shape index (κ1) is 37.6. The minimum Gasteiger partial charge on any atom is -0.480 e. The largest absolute Gasteiger partial charge is 0.480 e. The summed E-state index contributed by atoms with van der Waals surface area (Å²) in [5.74, 6) is -1.51. The Morgan fingerprint density at radius 1 is 0.787 bits per heavy atom. The molecule has 0 heterocycles. The van der Waals surface area contributed by atoms with Crippen LogP contribution in [0, 0.1) is 5.92 Å². The third-order valence-electron chi connectivity index (χ3n) is 8.06. The van der Waals surface area contributed by atoms with Gasteiger partial charge in [0.1, 0.15) is 12.1 Å². The standard InChI is InChI=1S/C36H52N6O5/c1-24(2)17-32(36(46)47)39-20-25-10-12-26(13-11-25)21-41-34(44)33(23-43)42-35(45)31(9-5-6-16-37)40-22-30(38)19-27-14-15-28-7-3-4-8-29(28)18-27/h3-4,7-8,10-15,18,24,30-33,39-40,43H,5-6,9,16-17,19-23,37-38H2,1-2H3,(H,41,44)(H,42,45)(H,46,47)/t30-,31-,32-,33-/m0/s1. The number of unbranched alkanes of at least 4 members (excludes halogenated alkanes) is 1. The number of aliphatic hydroxyl groups excluding tert-OH is 1. The molecule has 11 heteroatoms. The molecule has 256 valence electrons. The number of hydrogen-bond acceptors (Lipinski definition) is 8. The highest BCUT2D eigenvalue weighted by Gasteiger charge is 2.25. The van der Waals surface area contributed by atoms with Crippen molar-refractivity contribution >= 4 is 28.6 Å². The van der Waals surface area contributed by atoms with Crippen LogP contribution in [-0.2, 0) is 33.9 Å². The number of rotatable bonds is 21. The molecule has 0 fully saturated rings. The van der Waals surface area contributed by atoms with Crippen molar-refractivity contribution in [2.75, 3.05) is 19.7 Å². The number of nitrogens with two attached hydrogens (primary N) is 2. The summed E-state index contributed by atoms with van der Waals surface area (Å²) in [6.07, 6.45) is 3.15. The number of hydrogen-bond donors (Lipinski definition) is 8. The van der Waals surface area contributed by atoms with E-state index in [4.69, 9.17) is 11.5 Å². The average molecular weight is 649 g/mol. The van der Waals surface area contributed by atoms with Gasteiger partial charge in [-0.05, 0) is 65.6 Å². The maximum absolute atomic E-state index is 13.3. The molecular weight excluding hydrogens is 596 g/mol. The predicted molar refractivity (Wildman–Crippen MR) is 185 cm³/mol. The van der Waals surface area contributed by atoms with Gasteiger partial charge in [0, 0.05) is 25.7 Å². The summed E-state index contributed by atoms with van der Waals surface area (Å²) < 4.78 is 0. The molecule has 4 atom stereocenters. The Balaban J connectivity index is 1.50. The van der Waals surface area contributed by atoms with Gasteiger partial charge in [0.05, 0.1) is 12.6 Å². The van der Waals surface area contributed by atoms with Crippen molar-refractivity contribution in [1.29, 1.82) is 0 Å². The summed E-state index contributed by atoms with van der Waals surface area (Å²) in [4.78, 5) is 37.7. The van der Waals surface area contributed by atoms with Gasteiger partial charge < -0.3 is 42.9 Å². The number of carboxylic acid groups (broad SMARTS) is 1. The fraction of sp³-hybridized carbons (Fsp3) is 0.472. The third-order valence-corrected chi connectivity index (χ3v) is 8.06. The van der Waals surface area contributed by atoms with Crippen LogP contribution in [0.25, 0.3) is 10.8 Å². The van der Waals surface area contributed by atoms with Crippen molar-refractivity contribution in [3.8, 4) is 0 Å². The van der Waals surface area contributed by atoms with Crippen molar-refractivity contribution in [3.63, 3.8) is 0 Å². The molecule has 3 rings (SSSR count). The molecule has 0 spiro atoms. The van der Waals surface area contributed by atoms with Gasteiger partial charge in [0.25, 0.3) is 0 Å². The minimum atomic E-state index is -1.12. The molecule has 0 aromatic heterocycles. The van der Waals surface area contributed by atoms with E-state index in [1.54, 1.807) is 0 Å². The second-order valence-electron chi connectivity index (χ2n) is 12.6. The summed E-state index contributed by atoms with van der Waals surface area (Å²) in [5, 5.41) is 33.5. The predicted octanol–water partition coefficient (Wildman–Crippen LogP) is 2.18. The van der Waals surface area contributed by atoms with Crippen LogP contribution in [-0.4, -0.2) is 71.9 Å². The Labute approximate surface area is 277 Å². The Bertz CT molecular complexity index is 1420. The van der Waals surface area contributed by atoms with Gasteiger partial charge in [-0.3, -0.25) is 14.4 Å². The summed E-state index contributed by atoms with van der Waals surface area (Å²) in [6, 6.07) is 19.3. The van der Waals surface area contributed by atoms with E-state index in [9.17, 15) is 24.6 Å². The average Bonchev–Trinajstić information content (AvgIpc) is 3.06. The second kappa shape index (κ2) is 19.7. The number of carboxylic acids is 1. The van der Waals surface area contributed by atoms with Gasteiger partial charge in [0.2, 0.25) is 11.8 Å². The van der Waals surface area contributed by atoms with Crippen LogP contribution in [0.4, 0.5) is 0 Å². The lowest BCUT2D eigenvalue weighted by Gasteiger charge is -2.24. The number of nitrogens with one attached hydrogen (secondary N) is 4. The molecule has 3 aromatic carbocycles. The zero-order valence-corrected chi connectivity index (χ0v) is 27.6. The third kappa shape index (κ3) is 13.0. The highest BCUT2D eigenvalue weighted by molar-refractivity contribution is 5.90. The van der Waals surface area contributed by atoms with Gasteiger partial charge in [-0.15, -0.1) is 0 Å². The number of carbonyl (C=O) groups excluding carboxylic acids is 2. The molecule has 11 nitrogen and oxygen atoms in total.